The molecule has 3 fully saturated rings. The molecule has 1 aromatic rings. The molecule has 0 spiro atoms. The summed E-state index contributed by atoms with van der Waals surface area (Å²) >= 11 is 0. The summed E-state index contributed by atoms with van der Waals surface area (Å²) in [5.41, 5.74) is 0.902. The molecular weight excluding hydrogens is 277 g/mol. The molecule has 22 heavy (non-hydrogen) atoms. The molecule has 3 saturated carbocycles. The summed E-state index contributed by atoms with van der Waals surface area (Å²) in [6.45, 7) is 0. The predicted molar refractivity (Wildman–Crippen MR) is 83.7 cm³/mol. The lowest BCUT2D eigenvalue weighted by molar-refractivity contribution is -0.122. The van der Waals surface area contributed by atoms with Crippen LogP contribution in [0.2, 0.25) is 0 Å². The number of fused-ring (bicyclic) bond motifs is 5. The highest BCUT2D eigenvalue weighted by Gasteiger charge is 2.53. The van der Waals surface area contributed by atoms with E-state index in [0.717, 1.165) is 29.2 Å². The van der Waals surface area contributed by atoms with Gasteiger partial charge >= 0.3 is 0 Å². The van der Waals surface area contributed by atoms with Gasteiger partial charge in [-0.15, -0.1) is 0 Å². The van der Waals surface area contributed by atoms with Crippen molar-refractivity contribution in [3.05, 3.63) is 35.6 Å². The lowest BCUT2D eigenvalue weighted by Crippen LogP contribution is -2.42. The molecule has 0 aliphatic heterocycles. The maximum Gasteiger partial charge on any atom is 0.220 e. The van der Waals surface area contributed by atoms with E-state index in [1.54, 1.807) is 6.07 Å². The fraction of sp³-hybridized carbons (Fsp3) is 0.632. The second kappa shape index (κ2) is 5.68. The number of hydrogen-bond acceptors (Lipinski definition) is 1. The van der Waals surface area contributed by atoms with Gasteiger partial charge in [0.1, 0.15) is 5.82 Å². The van der Waals surface area contributed by atoms with Gasteiger partial charge in [0.2, 0.25) is 5.91 Å². The van der Waals surface area contributed by atoms with Crippen molar-refractivity contribution >= 4 is 5.91 Å². The monoisotopic (exact) mass is 301 g/mol. The van der Waals surface area contributed by atoms with Crippen molar-refractivity contribution in [2.24, 2.45) is 23.7 Å². The van der Waals surface area contributed by atoms with Crippen LogP contribution in [0.1, 0.15) is 44.1 Å². The Labute approximate surface area is 131 Å². The quantitative estimate of drug-likeness (QED) is 0.902. The van der Waals surface area contributed by atoms with Gasteiger partial charge in [-0.05, 0) is 73.5 Å². The minimum Gasteiger partial charge on any atom is -0.353 e. The molecular formula is C19H24FNO. The molecule has 1 N–H and O–H groups in total. The number of amides is 1. The molecule has 0 heterocycles. The lowest BCUT2D eigenvalue weighted by Gasteiger charge is -2.32. The first-order valence-electron chi connectivity index (χ1n) is 8.74. The van der Waals surface area contributed by atoms with Crippen LogP contribution in [0, 0.1) is 29.5 Å². The normalized spacial score (nSPS) is 35.6. The van der Waals surface area contributed by atoms with Crippen molar-refractivity contribution in [1.82, 2.24) is 5.32 Å². The van der Waals surface area contributed by atoms with Gasteiger partial charge < -0.3 is 5.32 Å². The number of halogens is 1. The molecule has 0 radical (unpaired) electrons. The van der Waals surface area contributed by atoms with E-state index in [-0.39, 0.29) is 11.7 Å². The fourth-order valence-corrected chi connectivity index (χ4v) is 5.46. The van der Waals surface area contributed by atoms with E-state index in [1.165, 1.54) is 44.2 Å². The summed E-state index contributed by atoms with van der Waals surface area (Å²) in [5.74, 6) is 3.36. The SMILES string of the molecule is O=C(CCc1cccc(F)c1)N[C@@H]1C[C@H]2C[C@H]1[C@@H]1CCC[C@H]21. The van der Waals surface area contributed by atoms with Crippen molar-refractivity contribution in [2.75, 3.05) is 0 Å². The summed E-state index contributed by atoms with van der Waals surface area (Å²) in [4.78, 5) is 12.2. The summed E-state index contributed by atoms with van der Waals surface area (Å²) in [7, 11) is 0. The molecule has 4 rings (SSSR count). The molecule has 0 aromatic heterocycles. The van der Waals surface area contributed by atoms with Gasteiger partial charge in [0, 0.05) is 12.5 Å². The zero-order valence-electron chi connectivity index (χ0n) is 12.9. The zero-order chi connectivity index (χ0) is 15.1. The Morgan fingerprint density at radius 3 is 2.91 bits per heavy atom. The van der Waals surface area contributed by atoms with Gasteiger partial charge in [0.15, 0.2) is 0 Å². The van der Waals surface area contributed by atoms with Gasteiger partial charge in [0.05, 0.1) is 0 Å². The van der Waals surface area contributed by atoms with Crippen LogP contribution in [0.25, 0.3) is 0 Å². The molecule has 2 nitrogen and oxygen atoms in total. The van der Waals surface area contributed by atoms with Crippen LogP contribution in [-0.2, 0) is 11.2 Å². The van der Waals surface area contributed by atoms with Gasteiger partial charge in [-0.25, -0.2) is 4.39 Å². The predicted octanol–water partition coefficient (Wildman–Crippen LogP) is 3.70. The number of benzene rings is 1. The van der Waals surface area contributed by atoms with E-state index in [9.17, 15) is 9.18 Å². The van der Waals surface area contributed by atoms with E-state index < -0.39 is 0 Å². The first-order valence-corrected chi connectivity index (χ1v) is 8.74. The van der Waals surface area contributed by atoms with E-state index in [2.05, 4.69) is 5.32 Å². The number of carbonyl (C=O) groups is 1. The number of aryl methyl sites for hydroxylation is 1. The van der Waals surface area contributed by atoms with Gasteiger partial charge in [0.25, 0.3) is 0 Å². The second-order valence-electron chi connectivity index (χ2n) is 7.46. The highest BCUT2D eigenvalue weighted by molar-refractivity contribution is 5.76. The third kappa shape index (κ3) is 2.55. The zero-order valence-corrected chi connectivity index (χ0v) is 12.9. The average Bonchev–Trinajstić information content (AvgIpc) is 3.17. The Bertz CT molecular complexity index is 572. The molecule has 3 heteroatoms. The smallest absolute Gasteiger partial charge is 0.220 e. The molecule has 3 aliphatic rings. The largest absolute Gasteiger partial charge is 0.353 e. The summed E-state index contributed by atoms with van der Waals surface area (Å²) in [6, 6.07) is 6.96. The average molecular weight is 301 g/mol. The van der Waals surface area contributed by atoms with Crippen LogP contribution >= 0.6 is 0 Å². The third-order valence-corrected chi connectivity index (χ3v) is 6.30. The van der Waals surface area contributed by atoms with Gasteiger partial charge in [-0.1, -0.05) is 18.6 Å². The Kier molecular flexibility index (Phi) is 3.67. The Balaban J connectivity index is 1.30. The topological polar surface area (TPSA) is 29.1 Å². The maximum absolute atomic E-state index is 13.1. The third-order valence-electron chi connectivity index (χ3n) is 6.30. The number of hydrogen-bond donors (Lipinski definition) is 1. The van der Waals surface area contributed by atoms with Crippen LogP contribution in [0.3, 0.4) is 0 Å². The fourth-order valence-electron chi connectivity index (χ4n) is 5.46. The second-order valence-corrected chi connectivity index (χ2v) is 7.46. The van der Waals surface area contributed by atoms with E-state index in [4.69, 9.17) is 0 Å². The molecule has 0 unspecified atom stereocenters. The van der Waals surface area contributed by atoms with Crippen molar-refractivity contribution in [3.8, 4) is 0 Å². The van der Waals surface area contributed by atoms with Crippen molar-refractivity contribution in [1.29, 1.82) is 0 Å². The van der Waals surface area contributed by atoms with E-state index in [1.807, 2.05) is 6.07 Å². The van der Waals surface area contributed by atoms with Crippen LogP contribution in [0.4, 0.5) is 4.39 Å². The summed E-state index contributed by atoms with van der Waals surface area (Å²) in [5, 5.41) is 3.28. The van der Waals surface area contributed by atoms with Crippen LogP contribution in [-0.4, -0.2) is 11.9 Å². The van der Waals surface area contributed by atoms with E-state index >= 15 is 0 Å². The first-order chi connectivity index (χ1) is 10.7. The van der Waals surface area contributed by atoms with Crippen LogP contribution in [0.15, 0.2) is 24.3 Å². The molecule has 1 amide bonds. The van der Waals surface area contributed by atoms with Crippen molar-refractivity contribution in [3.63, 3.8) is 0 Å². The number of carbonyl (C=O) groups excluding carboxylic acids is 1. The minimum atomic E-state index is -0.224. The Hall–Kier alpha value is -1.38. The standard InChI is InChI=1S/C19H24FNO/c20-14-4-1-3-12(9-14)7-8-19(22)21-18-11-13-10-17(18)16-6-2-5-15(13)16/h1,3-4,9,13,15-18H,2,5-8,10-11H2,(H,21,22)/t13-,15-,16-,17+,18-/m1/s1. The van der Waals surface area contributed by atoms with E-state index in [0.29, 0.717) is 18.9 Å². The Morgan fingerprint density at radius 1 is 1.18 bits per heavy atom. The van der Waals surface area contributed by atoms with Crippen LogP contribution in [0.5, 0.6) is 0 Å². The Morgan fingerprint density at radius 2 is 2.05 bits per heavy atom. The maximum atomic E-state index is 13.1. The molecule has 0 saturated heterocycles. The first kappa shape index (κ1) is 14.2. The van der Waals surface area contributed by atoms with Gasteiger partial charge in [-0.2, -0.15) is 0 Å². The highest BCUT2D eigenvalue weighted by Crippen LogP contribution is 2.58. The molecule has 2 bridgehead atoms. The van der Waals surface area contributed by atoms with Crippen LogP contribution < -0.4 is 5.32 Å². The summed E-state index contributed by atoms with van der Waals surface area (Å²) < 4.78 is 13.1. The number of nitrogens with one attached hydrogen (secondary N) is 1. The lowest BCUT2D eigenvalue weighted by atomic mass is 9.79. The number of rotatable bonds is 4. The summed E-state index contributed by atoms with van der Waals surface area (Å²) in [6.07, 6.45) is 7.81. The van der Waals surface area contributed by atoms with Crippen molar-refractivity contribution in [2.45, 2.75) is 51.0 Å². The highest BCUT2D eigenvalue weighted by atomic mass is 19.1. The molecule has 5 atom stereocenters. The molecule has 118 valence electrons. The molecule has 3 aliphatic carbocycles. The van der Waals surface area contributed by atoms with Crippen molar-refractivity contribution < 1.29 is 9.18 Å². The molecule has 1 aromatic carbocycles. The van der Waals surface area contributed by atoms with Gasteiger partial charge in [-0.3, -0.25) is 4.79 Å². The minimum absolute atomic E-state index is 0.136.